The molecule has 0 spiro atoms. The van der Waals surface area contributed by atoms with Gasteiger partial charge in [-0.05, 0) is 43.2 Å². The number of carbonyl (C=O) groups is 1. The van der Waals surface area contributed by atoms with Crippen LogP contribution >= 0.6 is 0 Å². The van der Waals surface area contributed by atoms with E-state index in [4.69, 9.17) is 4.74 Å². The number of likely N-dealkylation sites (tertiary alicyclic amines) is 1. The van der Waals surface area contributed by atoms with Gasteiger partial charge in [-0.3, -0.25) is 9.69 Å². The molecule has 6 heteroatoms. The number of hydrogen-bond acceptors (Lipinski definition) is 5. The molecule has 0 aliphatic carbocycles. The third-order valence-corrected chi connectivity index (χ3v) is 6.30. The summed E-state index contributed by atoms with van der Waals surface area (Å²) in [5, 5.41) is 0. The number of nitrogens with zero attached hydrogens (tertiary/aromatic N) is 4. The van der Waals surface area contributed by atoms with Crippen LogP contribution in [0.1, 0.15) is 36.5 Å². The second-order valence-corrected chi connectivity index (χ2v) is 8.40. The molecule has 1 aromatic heterocycles. The fourth-order valence-corrected chi connectivity index (χ4v) is 4.35. The minimum absolute atomic E-state index is 0.129. The van der Waals surface area contributed by atoms with Gasteiger partial charge in [0.05, 0.1) is 12.2 Å². The van der Waals surface area contributed by atoms with E-state index in [0.29, 0.717) is 11.5 Å². The molecule has 6 nitrogen and oxygen atoms in total. The van der Waals surface area contributed by atoms with Gasteiger partial charge in [-0.2, -0.15) is 0 Å². The monoisotopic (exact) mass is 372 g/mol. The molecular weight excluding hydrogens is 340 g/mol. The number of piperidine rings is 1. The van der Waals surface area contributed by atoms with E-state index in [-0.39, 0.29) is 5.91 Å². The number of aromatic nitrogens is 1. The number of pyridine rings is 1. The van der Waals surface area contributed by atoms with E-state index < -0.39 is 0 Å². The predicted molar refractivity (Wildman–Crippen MR) is 106 cm³/mol. The highest BCUT2D eigenvalue weighted by molar-refractivity contribution is 5.94. The van der Waals surface area contributed by atoms with Gasteiger partial charge in [0.25, 0.3) is 5.91 Å². The predicted octanol–water partition coefficient (Wildman–Crippen LogP) is 2.11. The van der Waals surface area contributed by atoms with E-state index in [1.54, 1.807) is 6.20 Å². The molecule has 4 rings (SSSR count). The van der Waals surface area contributed by atoms with Crippen molar-refractivity contribution in [2.75, 3.05) is 63.9 Å². The first kappa shape index (κ1) is 18.7. The lowest BCUT2D eigenvalue weighted by Crippen LogP contribution is -2.48. The van der Waals surface area contributed by atoms with Gasteiger partial charge < -0.3 is 14.5 Å². The Labute approximate surface area is 162 Å². The minimum Gasteiger partial charge on any atom is -0.381 e. The molecule has 0 saturated carbocycles. The summed E-state index contributed by atoms with van der Waals surface area (Å²) in [5.41, 5.74) is 0.716. The van der Waals surface area contributed by atoms with Gasteiger partial charge in [0.1, 0.15) is 5.82 Å². The molecule has 0 radical (unpaired) electrons. The maximum atomic E-state index is 12.7. The van der Waals surface area contributed by atoms with Crippen LogP contribution in [0.5, 0.6) is 0 Å². The molecule has 3 fully saturated rings. The fraction of sp³-hybridized carbons (Fsp3) is 0.714. The Kier molecular flexibility index (Phi) is 5.93. The number of ether oxygens (including phenoxy) is 1. The Morgan fingerprint density at radius 2 is 1.89 bits per heavy atom. The first-order valence-electron chi connectivity index (χ1n) is 10.5. The molecule has 27 heavy (non-hydrogen) atoms. The van der Waals surface area contributed by atoms with Gasteiger partial charge in [0.2, 0.25) is 0 Å². The summed E-state index contributed by atoms with van der Waals surface area (Å²) in [6, 6.07) is 3.96. The van der Waals surface area contributed by atoms with E-state index in [0.717, 1.165) is 83.6 Å². The summed E-state index contributed by atoms with van der Waals surface area (Å²) in [6.07, 6.45) is 5.17. The number of carbonyl (C=O) groups excluding carboxylic acids is 1. The van der Waals surface area contributed by atoms with Crippen LogP contribution in [0.15, 0.2) is 18.3 Å². The molecular formula is C21H32N4O2. The van der Waals surface area contributed by atoms with Gasteiger partial charge in [-0.1, -0.05) is 6.92 Å². The topological polar surface area (TPSA) is 48.9 Å². The van der Waals surface area contributed by atoms with E-state index in [1.165, 1.54) is 6.42 Å². The highest BCUT2D eigenvalue weighted by Gasteiger charge is 2.24. The van der Waals surface area contributed by atoms with Gasteiger partial charge >= 0.3 is 0 Å². The highest BCUT2D eigenvalue weighted by atomic mass is 16.5. The van der Waals surface area contributed by atoms with Crippen molar-refractivity contribution >= 4 is 11.7 Å². The molecule has 0 bridgehead atoms. The average molecular weight is 373 g/mol. The van der Waals surface area contributed by atoms with Crippen LogP contribution in [0.3, 0.4) is 0 Å². The zero-order valence-electron chi connectivity index (χ0n) is 16.5. The van der Waals surface area contributed by atoms with Crippen molar-refractivity contribution in [2.45, 2.75) is 26.2 Å². The van der Waals surface area contributed by atoms with Crippen molar-refractivity contribution in [1.82, 2.24) is 14.8 Å². The zero-order valence-corrected chi connectivity index (χ0v) is 16.5. The molecule has 1 aromatic rings. The van der Waals surface area contributed by atoms with Crippen LogP contribution < -0.4 is 4.90 Å². The summed E-state index contributed by atoms with van der Waals surface area (Å²) in [7, 11) is 0. The first-order valence-corrected chi connectivity index (χ1v) is 10.5. The lowest BCUT2D eigenvalue weighted by atomic mass is 9.99. The largest absolute Gasteiger partial charge is 0.381 e. The number of hydrogen-bond donors (Lipinski definition) is 0. The summed E-state index contributed by atoms with van der Waals surface area (Å²) < 4.78 is 5.49. The van der Waals surface area contributed by atoms with Crippen LogP contribution in [-0.2, 0) is 4.74 Å². The summed E-state index contributed by atoms with van der Waals surface area (Å²) in [4.78, 5) is 24.1. The Morgan fingerprint density at radius 1 is 1.11 bits per heavy atom. The van der Waals surface area contributed by atoms with E-state index >= 15 is 0 Å². The van der Waals surface area contributed by atoms with Gasteiger partial charge in [0.15, 0.2) is 0 Å². The van der Waals surface area contributed by atoms with Crippen LogP contribution in [0.25, 0.3) is 0 Å². The van der Waals surface area contributed by atoms with Crippen molar-refractivity contribution < 1.29 is 9.53 Å². The highest BCUT2D eigenvalue weighted by Crippen LogP contribution is 2.20. The van der Waals surface area contributed by atoms with Gasteiger partial charge in [-0.25, -0.2) is 4.98 Å². The Morgan fingerprint density at radius 3 is 2.52 bits per heavy atom. The number of amides is 1. The maximum absolute atomic E-state index is 12.7. The van der Waals surface area contributed by atoms with Crippen molar-refractivity contribution in [1.29, 1.82) is 0 Å². The molecule has 0 aromatic carbocycles. The fourth-order valence-electron chi connectivity index (χ4n) is 4.35. The summed E-state index contributed by atoms with van der Waals surface area (Å²) >= 11 is 0. The van der Waals surface area contributed by atoms with Gasteiger partial charge in [-0.15, -0.1) is 0 Å². The van der Waals surface area contributed by atoms with Crippen LogP contribution in [0, 0.1) is 11.8 Å². The smallest absolute Gasteiger partial charge is 0.255 e. The van der Waals surface area contributed by atoms with Crippen molar-refractivity contribution in [2.24, 2.45) is 11.8 Å². The van der Waals surface area contributed by atoms with Crippen molar-refractivity contribution in [3.05, 3.63) is 23.9 Å². The third kappa shape index (κ3) is 4.61. The quantitative estimate of drug-likeness (QED) is 0.810. The molecule has 1 atom stereocenters. The normalized spacial score (nSPS) is 25.1. The van der Waals surface area contributed by atoms with Crippen LogP contribution in [-0.4, -0.2) is 79.7 Å². The average Bonchev–Trinajstić information content (AvgIpc) is 3.22. The van der Waals surface area contributed by atoms with Gasteiger partial charge in [0, 0.05) is 58.6 Å². The minimum atomic E-state index is 0.129. The van der Waals surface area contributed by atoms with Crippen molar-refractivity contribution in [3.63, 3.8) is 0 Å². The lowest BCUT2D eigenvalue weighted by molar-refractivity contribution is 0.0697. The SMILES string of the molecule is CC1CCN(C(=O)c2ccc(N3CCN(CC4CCOC4)CC3)nc2)CC1. The zero-order chi connectivity index (χ0) is 18.6. The van der Waals surface area contributed by atoms with E-state index in [9.17, 15) is 4.79 Å². The standard InChI is InChI=1S/C21H32N4O2/c1-17-4-7-25(8-5-17)21(26)19-2-3-20(22-14-19)24-11-9-23(10-12-24)15-18-6-13-27-16-18/h2-3,14,17-18H,4-13,15-16H2,1H3. The molecule has 4 heterocycles. The molecule has 1 amide bonds. The second-order valence-electron chi connectivity index (χ2n) is 8.40. The Hall–Kier alpha value is -1.66. The Bertz CT molecular complexity index is 614. The number of anilines is 1. The molecule has 3 aliphatic heterocycles. The van der Waals surface area contributed by atoms with Crippen LogP contribution in [0.2, 0.25) is 0 Å². The summed E-state index contributed by atoms with van der Waals surface area (Å²) in [5.74, 6) is 2.55. The van der Waals surface area contributed by atoms with E-state index in [2.05, 4.69) is 21.7 Å². The Balaban J connectivity index is 1.28. The van der Waals surface area contributed by atoms with E-state index in [1.807, 2.05) is 17.0 Å². The maximum Gasteiger partial charge on any atom is 0.255 e. The third-order valence-electron chi connectivity index (χ3n) is 6.30. The molecule has 3 saturated heterocycles. The van der Waals surface area contributed by atoms with Crippen molar-refractivity contribution in [3.8, 4) is 0 Å². The second kappa shape index (κ2) is 8.57. The molecule has 3 aliphatic rings. The molecule has 148 valence electrons. The summed E-state index contributed by atoms with van der Waals surface area (Å²) in [6.45, 7) is 11.2. The number of rotatable bonds is 4. The molecule has 1 unspecified atom stereocenters. The van der Waals surface area contributed by atoms with Crippen LogP contribution in [0.4, 0.5) is 5.82 Å². The lowest BCUT2D eigenvalue weighted by Gasteiger charge is -2.36. The number of piperazine rings is 1. The first-order chi connectivity index (χ1) is 13.2. The molecule has 0 N–H and O–H groups in total.